The van der Waals surface area contributed by atoms with Crippen molar-refractivity contribution in [2.45, 2.75) is 32.6 Å². The first-order valence-corrected chi connectivity index (χ1v) is 8.92. The van der Waals surface area contributed by atoms with Crippen molar-refractivity contribution >= 4 is 11.6 Å². The summed E-state index contributed by atoms with van der Waals surface area (Å²) < 4.78 is 19.1. The molecule has 27 heavy (non-hydrogen) atoms. The van der Waals surface area contributed by atoms with Gasteiger partial charge in [-0.15, -0.1) is 0 Å². The Morgan fingerprint density at radius 3 is 2.52 bits per heavy atom. The van der Waals surface area contributed by atoms with Crippen molar-refractivity contribution in [3.05, 3.63) is 65.0 Å². The number of amides is 1. The normalized spacial score (nSPS) is 20.1. The standard InChI is InChI=1S/C21H22FN3O2/c1-14-11-25(12-15(2)27-14)13-16-3-5-17(6-4-16)21(26)24-19-7-8-20(22)18(9-19)10-23/h3-9,14-15H,11-13H2,1-2H3,(H,24,26). The second-order valence-corrected chi connectivity index (χ2v) is 6.91. The molecule has 0 saturated carbocycles. The molecule has 0 spiro atoms. The van der Waals surface area contributed by atoms with Crippen LogP contribution in [0.15, 0.2) is 42.5 Å². The molecule has 1 N–H and O–H groups in total. The van der Waals surface area contributed by atoms with E-state index in [4.69, 9.17) is 10.00 Å². The number of benzene rings is 2. The number of ether oxygens (including phenoxy) is 1. The number of nitrogens with one attached hydrogen (secondary N) is 1. The van der Waals surface area contributed by atoms with Gasteiger partial charge in [-0.2, -0.15) is 5.26 Å². The number of hydrogen-bond acceptors (Lipinski definition) is 4. The molecule has 6 heteroatoms. The molecule has 2 aromatic rings. The highest BCUT2D eigenvalue weighted by Crippen LogP contribution is 2.17. The minimum absolute atomic E-state index is 0.0999. The second-order valence-electron chi connectivity index (χ2n) is 6.91. The number of anilines is 1. The summed E-state index contributed by atoms with van der Waals surface area (Å²) in [5, 5.41) is 11.6. The maximum Gasteiger partial charge on any atom is 0.255 e. The van der Waals surface area contributed by atoms with E-state index in [1.54, 1.807) is 18.2 Å². The van der Waals surface area contributed by atoms with Crippen LogP contribution >= 0.6 is 0 Å². The molecule has 1 amide bonds. The monoisotopic (exact) mass is 367 g/mol. The first-order valence-electron chi connectivity index (χ1n) is 8.92. The lowest BCUT2D eigenvalue weighted by atomic mass is 10.1. The minimum atomic E-state index is -0.605. The second kappa shape index (κ2) is 8.30. The van der Waals surface area contributed by atoms with E-state index in [2.05, 4.69) is 24.1 Å². The molecule has 0 radical (unpaired) electrons. The maximum absolute atomic E-state index is 13.4. The lowest BCUT2D eigenvalue weighted by Gasteiger charge is -2.35. The van der Waals surface area contributed by atoms with Crippen molar-refractivity contribution in [3.63, 3.8) is 0 Å². The van der Waals surface area contributed by atoms with E-state index >= 15 is 0 Å². The molecule has 1 heterocycles. The number of rotatable bonds is 4. The third kappa shape index (κ3) is 4.91. The third-order valence-electron chi connectivity index (χ3n) is 4.46. The van der Waals surface area contributed by atoms with E-state index in [9.17, 15) is 9.18 Å². The van der Waals surface area contributed by atoms with Crippen LogP contribution in [0.25, 0.3) is 0 Å². The van der Waals surface area contributed by atoms with Crippen molar-refractivity contribution in [2.75, 3.05) is 18.4 Å². The summed E-state index contributed by atoms with van der Waals surface area (Å²) in [6.45, 7) is 6.73. The highest BCUT2D eigenvalue weighted by atomic mass is 19.1. The Kier molecular flexibility index (Phi) is 5.84. The third-order valence-corrected chi connectivity index (χ3v) is 4.46. The number of halogens is 1. The van der Waals surface area contributed by atoms with Gasteiger partial charge in [0.2, 0.25) is 0 Å². The molecule has 2 aromatic carbocycles. The zero-order valence-electron chi connectivity index (χ0n) is 15.4. The smallest absolute Gasteiger partial charge is 0.255 e. The number of nitrogens with zero attached hydrogens (tertiary/aromatic N) is 2. The fraction of sp³-hybridized carbons (Fsp3) is 0.333. The van der Waals surface area contributed by atoms with E-state index in [0.717, 1.165) is 25.2 Å². The van der Waals surface area contributed by atoms with Crippen LogP contribution in [0.3, 0.4) is 0 Å². The van der Waals surface area contributed by atoms with Crippen LogP contribution in [0.1, 0.15) is 35.3 Å². The summed E-state index contributed by atoms with van der Waals surface area (Å²) in [6, 6.07) is 13.1. The molecule has 140 valence electrons. The summed E-state index contributed by atoms with van der Waals surface area (Å²) in [6.07, 6.45) is 0.431. The molecule has 2 atom stereocenters. The van der Waals surface area contributed by atoms with Crippen molar-refractivity contribution < 1.29 is 13.9 Å². The summed E-state index contributed by atoms with van der Waals surface area (Å²) in [5.41, 5.74) is 1.92. The van der Waals surface area contributed by atoms with E-state index in [1.807, 2.05) is 12.1 Å². The van der Waals surface area contributed by atoms with Gasteiger partial charge in [0, 0.05) is 30.9 Å². The predicted molar refractivity (Wildman–Crippen MR) is 101 cm³/mol. The van der Waals surface area contributed by atoms with E-state index in [0.29, 0.717) is 11.3 Å². The van der Waals surface area contributed by atoms with Crippen LogP contribution in [0.5, 0.6) is 0 Å². The van der Waals surface area contributed by atoms with Gasteiger partial charge in [-0.05, 0) is 49.7 Å². The molecule has 1 saturated heterocycles. The molecule has 3 rings (SSSR count). The van der Waals surface area contributed by atoms with Crippen LogP contribution < -0.4 is 5.32 Å². The Morgan fingerprint density at radius 2 is 1.89 bits per heavy atom. The number of carbonyl (C=O) groups excluding carboxylic acids is 1. The Balaban J connectivity index is 1.63. The van der Waals surface area contributed by atoms with E-state index < -0.39 is 5.82 Å². The molecule has 0 bridgehead atoms. The average molecular weight is 367 g/mol. The van der Waals surface area contributed by atoms with E-state index in [-0.39, 0.29) is 23.7 Å². The van der Waals surface area contributed by atoms with Crippen LogP contribution in [-0.4, -0.2) is 36.1 Å². The molecule has 5 nitrogen and oxygen atoms in total. The fourth-order valence-corrected chi connectivity index (χ4v) is 3.33. The molecule has 0 aromatic heterocycles. The lowest BCUT2D eigenvalue weighted by Crippen LogP contribution is -2.44. The molecule has 1 aliphatic heterocycles. The highest BCUT2D eigenvalue weighted by Gasteiger charge is 2.22. The molecular formula is C21H22FN3O2. The average Bonchev–Trinajstić information content (AvgIpc) is 2.63. The number of morpholine rings is 1. The molecular weight excluding hydrogens is 345 g/mol. The largest absolute Gasteiger partial charge is 0.373 e. The van der Waals surface area contributed by atoms with Gasteiger partial charge in [-0.1, -0.05) is 12.1 Å². The number of nitriles is 1. The Hall–Kier alpha value is -2.75. The highest BCUT2D eigenvalue weighted by molar-refractivity contribution is 6.04. The SMILES string of the molecule is CC1CN(Cc2ccc(C(=O)Nc3ccc(F)c(C#N)c3)cc2)CC(C)O1. The van der Waals surface area contributed by atoms with Crippen LogP contribution in [0.4, 0.5) is 10.1 Å². The number of carbonyl (C=O) groups is 1. The van der Waals surface area contributed by atoms with Crippen molar-refractivity contribution in [2.24, 2.45) is 0 Å². The molecule has 1 aliphatic rings. The van der Waals surface area contributed by atoms with Crippen molar-refractivity contribution in [3.8, 4) is 6.07 Å². The van der Waals surface area contributed by atoms with Gasteiger partial charge in [-0.25, -0.2) is 4.39 Å². The first-order chi connectivity index (χ1) is 12.9. The van der Waals surface area contributed by atoms with E-state index in [1.165, 1.54) is 18.2 Å². The predicted octanol–water partition coefficient (Wildman–Crippen LogP) is 3.56. The maximum atomic E-state index is 13.4. The van der Waals surface area contributed by atoms with Gasteiger partial charge in [0.1, 0.15) is 11.9 Å². The van der Waals surface area contributed by atoms with Gasteiger partial charge in [0.05, 0.1) is 17.8 Å². The van der Waals surface area contributed by atoms with Gasteiger partial charge in [0.15, 0.2) is 0 Å². The topological polar surface area (TPSA) is 65.4 Å². The van der Waals surface area contributed by atoms with Gasteiger partial charge in [-0.3, -0.25) is 9.69 Å². The summed E-state index contributed by atoms with van der Waals surface area (Å²) in [4.78, 5) is 14.7. The van der Waals surface area contributed by atoms with Crippen LogP contribution in [0.2, 0.25) is 0 Å². The summed E-state index contributed by atoms with van der Waals surface area (Å²) >= 11 is 0. The first kappa shape index (κ1) is 19.0. The van der Waals surface area contributed by atoms with Crippen molar-refractivity contribution in [1.82, 2.24) is 4.90 Å². The Labute approximate surface area is 158 Å². The Morgan fingerprint density at radius 1 is 1.22 bits per heavy atom. The molecule has 2 unspecified atom stereocenters. The summed E-state index contributed by atoms with van der Waals surface area (Å²) in [5.74, 6) is -0.905. The molecule has 0 aliphatic carbocycles. The number of hydrogen-bond donors (Lipinski definition) is 1. The van der Waals surface area contributed by atoms with Crippen LogP contribution in [0, 0.1) is 17.1 Å². The van der Waals surface area contributed by atoms with Crippen molar-refractivity contribution in [1.29, 1.82) is 5.26 Å². The Bertz CT molecular complexity index is 851. The van der Waals surface area contributed by atoms with Gasteiger partial charge in [0.25, 0.3) is 5.91 Å². The zero-order valence-corrected chi connectivity index (χ0v) is 15.4. The lowest BCUT2D eigenvalue weighted by molar-refractivity contribution is -0.0704. The quantitative estimate of drug-likeness (QED) is 0.897. The summed E-state index contributed by atoms with van der Waals surface area (Å²) in [7, 11) is 0. The molecule has 1 fully saturated rings. The zero-order chi connectivity index (χ0) is 19.4. The minimum Gasteiger partial charge on any atom is -0.373 e. The van der Waals surface area contributed by atoms with Gasteiger partial charge < -0.3 is 10.1 Å². The van der Waals surface area contributed by atoms with Gasteiger partial charge >= 0.3 is 0 Å². The fourth-order valence-electron chi connectivity index (χ4n) is 3.33. The van der Waals surface area contributed by atoms with Crippen LogP contribution in [-0.2, 0) is 11.3 Å².